The molecule has 0 fully saturated rings. The molecule has 0 bridgehead atoms. The van der Waals surface area contributed by atoms with E-state index in [2.05, 4.69) is 0 Å². The summed E-state index contributed by atoms with van der Waals surface area (Å²) in [6.07, 6.45) is 1.13. The van der Waals surface area contributed by atoms with Crippen LogP contribution in [0.4, 0.5) is 0 Å². The molecular formula is C15H23ClO3S. The summed E-state index contributed by atoms with van der Waals surface area (Å²) < 4.78 is 23.4. The Hall–Kier alpha value is -0.580. The number of rotatable bonds is 6. The van der Waals surface area contributed by atoms with Crippen molar-refractivity contribution in [3.05, 3.63) is 34.9 Å². The molecule has 1 rings (SSSR count). The number of benzene rings is 1. The van der Waals surface area contributed by atoms with Gasteiger partial charge >= 0.3 is 0 Å². The molecule has 0 spiro atoms. The highest BCUT2D eigenvalue weighted by atomic mass is 35.5. The van der Waals surface area contributed by atoms with Gasteiger partial charge < -0.3 is 5.11 Å². The minimum atomic E-state index is -3.13. The summed E-state index contributed by atoms with van der Waals surface area (Å²) in [5.74, 6) is 0.0586. The second-order valence-electron chi connectivity index (χ2n) is 6.10. The smallest absolute Gasteiger partial charge is 0.155 e. The van der Waals surface area contributed by atoms with Gasteiger partial charge in [0.05, 0.1) is 10.5 Å². The zero-order valence-corrected chi connectivity index (χ0v) is 13.8. The fourth-order valence-electron chi connectivity index (χ4n) is 1.84. The second kappa shape index (κ2) is 6.92. The van der Waals surface area contributed by atoms with E-state index in [1.807, 2.05) is 12.1 Å². The van der Waals surface area contributed by atoms with Gasteiger partial charge in [0.15, 0.2) is 9.84 Å². The lowest BCUT2D eigenvalue weighted by atomic mass is 9.98. The molecule has 0 aliphatic rings. The van der Waals surface area contributed by atoms with Crippen molar-refractivity contribution in [2.45, 2.75) is 38.4 Å². The summed E-state index contributed by atoms with van der Waals surface area (Å²) in [5, 5.41) is 10.1. The third-order valence-electron chi connectivity index (χ3n) is 3.42. The number of halogens is 1. The first-order valence-corrected chi connectivity index (χ1v) is 8.76. The molecule has 5 heteroatoms. The summed E-state index contributed by atoms with van der Waals surface area (Å²) in [6.45, 7) is 5.10. The monoisotopic (exact) mass is 318 g/mol. The van der Waals surface area contributed by atoms with Gasteiger partial charge in [0.2, 0.25) is 0 Å². The molecule has 0 aliphatic carbocycles. The van der Waals surface area contributed by atoms with Gasteiger partial charge in [-0.15, -0.1) is 0 Å². The number of hydrogen-bond acceptors (Lipinski definition) is 3. The van der Waals surface area contributed by atoms with Gasteiger partial charge in [-0.1, -0.05) is 23.7 Å². The summed E-state index contributed by atoms with van der Waals surface area (Å²) in [4.78, 5) is 0. The molecule has 1 unspecified atom stereocenters. The number of aliphatic hydroxyl groups excluding tert-OH is 1. The zero-order valence-electron chi connectivity index (χ0n) is 12.3. The normalized spacial score (nSPS) is 14.2. The summed E-state index contributed by atoms with van der Waals surface area (Å²) in [7, 11) is -3.13. The average Bonchev–Trinajstić information content (AvgIpc) is 2.35. The molecule has 0 aromatic heterocycles. The average molecular weight is 319 g/mol. The Balaban J connectivity index is 2.63. The lowest BCUT2D eigenvalue weighted by Gasteiger charge is -2.21. The van der Waals surface area contributed by atoms with Crippen molar-refractivity contribution >= 4 is 21.4 Å². The molecule has 3 nitrogen and oxygen atoms in total. The van der Waals surface area contributed by atoms with E-state index < -0.39 is 14.6 Å². The van der Waals surface area contributed by atoms with Crippen LogP contribution in [0.15, 0.2) is 24.3 Å². The van der Waals surface area contributed by atoms with Crippen LogP contribution < -0.4 is 0 Å². The Morgan fingerprint density at radius 3 is 2.20 bits per heavy atom. The number of aliphatic hydroxyl groups is 1. The van der Waals surface area contributed by atoms with E-state index in [1.165, 1.54) is 0 Å². The third-order valence-corrected chi connectivity index (χ3v) is 6.31. The number of hydrogen-bond donors (Lipinski definition) is 1. The first kappa shape index (κ1) is 17.5. The largest absolute Gasteiger partial charge is 0.396 e. The van der Waals surface area contributed by atoms with Crippen molar-refractivity contribution in [2.75, 3.05) is 12.4 Å². The molecule has 1 aromatic rings. The minimum Gasteiger partial charge on any atom is -0.396 e. The molecule has 1 atom stereocenters. The van der Waals surface area contributed by atoms with Crippen molar-refractivity contribution in [2.24, 2.45) is 5.92 Å². The van der Waals surface area contributed by atoms with Crippen LogP contribution in [0.2, 0.25) is 5.02 Å². The van der Waals surface area contributed by atoms with E-state index in [-0.39, 0.29) is 18.3 Å². The highest BCUT2D eigenvalue weighted by Gasteiger charge is 2.29. The maximum absolute atomic E-state index is 12.1. The third kappa shape index (κ3) is 5.08. The minimum absolute atomic E-state index is 0.0116. The van der Waals surface area contributed by atoms with Crippen molar-refractivity contribution in [1.82, 2.24) is 0 Å². The standard InChI is InChI=1S/C15H23ClO3S/c1-15(2,3)20(18,19)9-8-13(11-17)10-12-4-6-14(16)7-5-12/h4-7,13,17H,8-11H2,1-3H3. The Kier molecular flexibility index (Phi) is 6.05. The van der Waals surface area contributed by atoms with Crippen LogP contribution in [0.1, 0.15) is 32.8 Å². The van der Waals surface area contributed by atoms with Crippen LogP contribution in [0.5, 0.6) is 0 Å². The van der Waals surface area contributed by atoms with Crippen molar-refractivity contribution in [1.29, 1.82) is 0 Å². The molecule has 1 N–H and O–H groups in total. The van der Waals surface area contributed by atoms with Crippen LogP contribution >= 0.6 is 11.6 Å². The van der Waals surface area contributed by atoms with Crippen molar-refractivity contribution in [3.8, 4) is 0 Å². The fraction of sp³-hybridized carbons (Fsp3) is 0.600. The van der Waals surface area contributed by atoms with E-state index in [9.17, 15) is 13.5 Å². The van der Waals surface area contributed by atoms with Crippen molar-refractivity contribution in [3.63, 3.8) is 0 Å². The highest BCUT2D eigenvalue weighted by molar-refractivity contribution is 7.92. The molecule has 0 saturated heterocycles. The van der Waals surface area contributed by atoms with E-state index >= 15 is 0 Å². The van der Waals surface area contributed by atoms with E-state index in [4.69, 9.17) is 11.6 Å². The zero-order chi connectivity index (χ0) is 15.4. The Bertz CT molecular complexity index is 515. The Labute approximate surface area is 126 Å². The summed E-state index contributed by atoms with van der Waals surface area (Å²) >= 11 is 5.82. The number of sulfone groups is 1. The summed E-state index contributed by atoms with van der Waals surface area (Å²) in [5.41, 5.74) is 1.06. The molecule has 114 valence electrons. The molecular weight excluding hydrogens is 296 g/mol. The van der Waals surface area contributed by atoms with Crippen LogP contribution in [0.25, 0.3) is 0 Å². The highest BCUT2D eigenvalue weighted by Crippen LogP contribution is 2.21. The second-order valence-corrected chi connectivity index (χ2v) is 9.40. The fourth-order valence-corrected chi connectivity index (χ4v) is 3.22. The maximum atomic E-state index is 12.1. The molecule has 0 aliphatic heterocycles. The predicted octanol–water partition coefficient (Wildman–Crippen LogP) is 3.09. The molecule has 0 saturated carbocycles. The van der Waals surface area contributed by atoms with E-state index in [0.29, 0.717) is 17.9 Å². The van der Waals surface area contributed by atoms with Crippen molar-refractivity contribution < 1.29 is 13.5 Å². The quantitative estimate of drug-likeness (QED) is 0.877. The lowest BCUT2D eigenvalue weighted by molar-refractivity contribution is 0.222. The van der Waals surface area contributed by atoms with Crippen LogP contribution in [0, 0.1) is 5.92 Å². The Morgan fingerprint density at radius 2 is 1.75 bits per heavy atom. The van der Waals surface area contributed by atoms with Gasteiger partial charge in [-0.05, 0) is 57.2 Å². The molecule has 1 aromatic carbocycles. The van der Waals surface area contributed by atoms with E-state index in [0.717, 1.165) is 5.56 Å². The topological polar surface area (TPSA) is 54.4 Å². The van der Waals surface area contributed by atoms with Gasteiger partial charge in [-0.2, -0.15) is 0 Å². The van der Waals surface area contributed by atoms with Gasteiger partial charge in [0.25, 0.3) is 0 Å². The SMILES string of the molecule is CC(C)(C)S(=O)(=O)CCC(CO)Cc1ccc(Cl)cc1. The van der Waals surface area contributed by atoms with Gasteiger partial charge in [0, 0.05) is 11.6 Å². The molecule has 0 radical (unpaired) electrons. The first-order valence-electron chi connectivity index (χ1n) is 6.73. The molecule has 0 amide bonds. The summed E-state index contributed by atoms with van der Waals surface area (Å²) in [6, 6.07) is 7.42. The van der Waals surface area contributed by atoms with Gasteiger partial charge in [-0.3, -0.25) is 0 Å². The van der Waals surface area contributed by atoms with Gasteiger partial charge in [0.1, 0.15) is 0 Å². The molecule has 0 heterocycles. The lowest BCUT2D eigenvalue weighted by Crippen LogP contribution is -2.31. The predicted molar refractivity (Wildman–Crippen MR) is 83.9 cm³/mol. The van der Waals surface area contributed by atoms with Crippen LogP contribution in [0.3, 0.4) is 0 Å². The van der Waals surface area contributed by atoms with Crippen LogP contribution in [-0.2, 0) is 16.3 Å². The van der Waals surface area contributed by atoms with E-state index in [1.54, 1.807) is 32.9 Å². The Morgan fingerprint density at radius 1 is 1.20 bits per heavy atom. The maximum Gasteiger partial charge on any atom is 0.155 e. The van der Waals surface area contributed by atoms with Crippen LogP contribution in [-0.4, -0.2) is 30.6 Å². The van der Waals surface area contributed by atoms with Gasteiger partial charge in [-0.25, -0.2) is 8.42 Å². The first-order chi connectivity index (χ1) is 9.15. The molecule has 20 heavy (non-hydrogen) atoms.